The Morgan fingerprint density at radius 1 is 1.30 bits per heavy atom. The lowest BCUT2D eigenvalue weighted by Crippen LogP contribution is -2.46. The molecule has 1 aliphatic heterocycles. The monoisotopic (exact) mass is 320 g/mol. The minimum atomic E-state index is 0.261. The number of carbonyl (C=O) groups is 1. The molecule has 1 aromatic rings. The van der Waals surface area contributed by atoms with Crippen LogP contribution in [0.1, 0.15) is 25.8 Å². The number of methoxy groups -OCH3 is 1. The third kappa shape index (κ3) is 5.13. The Kier molecular flexibility index (Phi) is 6.71. The summed E-state index contributed by atoms with van der Waals surface area (Å²) in [5.41, 5.74) is 1.17. The molecule has 0 radical (unpaired) electrons. The predicted molar refractivity (Wildman–Crippen MR) is 91.1 cm³/mol. The van der Waals surface area contributed by atoms with E-state index in [9.17, 15) is 4.79 Å². The summed E-state index contributed by atoms with van der Waals surface area (Å²) < 4.78 is 10.9. The van der Waals surface area contributed by atoms with Crippen molar-refractivity contribution in [2.75, 3.05) is 39.9 Å². The van der Waals surface area contributed by atoms with E-state index in [1.54, 1.807) is 7.11 Å². The number of nitrogens with one attached hydrogen (secondary N) is 1. The molecule has 1 heterocycles. The van der Waals surface area contributed by atoms with Crippen LogP contribution in [0.15, 0.2) is 18.2 Å². The Balaban J connectivity index is 1.91. The van der Waals surface area contributed by atoms with Crippen LogP contribution in [0.5, 0.6) is 11.5 Å². The smallest absolute Gasteiger partial charge is 0.222 e. The maximum absolute atomic E-state index is 12.3. The van der Waals surface area contributed by atoms with Gasteiger partial charge in [0.2, 0.25) is 5.91 Å². The molecule has 1 N–H and O–H groups in total. The van der Waals surface area contributed by atoms with Gasteiger partial charge in [-0.2, -0.15) is 0 Å². The van der Waals surface area contributed by atoms with E-state index in [2.05, 4.69) is 18.3 Å². The lowest BCUT2D eigenvalue weighted by Gasteiger charge is -2.28. The highest BCUT2D eigenvalue weighted by atomic mass is 16.5. The van der Waals surface area contributed by atoms with Gasteiger partial charge in [-0.25, -0.2) is 0 Å². The van der Waals surface area contributed by atoms with Gasteiger partial charge in [0, 0.05) is 32.6 Å². The van der Waals surface area contributed by atoms with Crippen molar-refractivity contribution in [2.24, 2.45) is 5.92 Å². The van der Waals surface area contributed by atoms with Crippen LogP contribution in [0.2, 0.25) is 0 Å². The molecule has 1 aliphatic rings. The second-order valence-electron chi connectivity index (χ2n) is 6.06. The van der Waals surface area contributed by atoms with Gasteiger partial charge < -0.3 is 19.7 Å². The maximum Gasteiger partial charge on any atom is 0.222 e. The number of hydrogen-bond acceptors (Lipinski definition) is 4. The molecule has 1 saturated heterocycles. The summed E-state index contributed by atoms with van der Waals surface area (Å²) in [5.74, 6) is 2.09. The first-order valence-electron chi connectivity index (χ1n) is 8.42. The highest BCUT2D eigenvalue weighted by Crippen LogP contribution is 2.29. The quantitative estimate of drug-likeness (QED) is 0.836. The molecule has 0 aromatic heterocycles. The summed E-state index contributed by atoms with van der Waals surface area (Å²) in [5, 5.41) is 3.27. The van der Waals surface area contributed by atoms with Gasteiger partial charge in [0.05, 0.1) is 13.7 Å². The van der Waals surface area contributed by atoms with Crippen LogP contribution in [0.4, 0.5) is 0 Å². The second-order valence-corrected chi connectivity index (χ2v) is 6.06. The summed E-state index contributed by atoms with van der Waals surface area (Å²) in [6.07, 6.45) is 1.45. The molecule has 0 bridgehead atoms. The molecule has 1 atom stereocenters. The van der Waals surface area contributed by atoms with Gasteiger partial charge in [0.25, 0.3) is 0 Å². The lowest BCUT2D eigenvalue weighted by molar-refractivity contribution is -0.132. The second kappa shape index (κ2) is 8.77. The Bertz CT molecular complexity index is 513. The maximum atomic E-state index is 12.3. The summed E-state index contributed by atoms with van der Waals surface area (Å²) in [4.78, 5) is 14.3. The van der Waals surface area contributed by atoms with Crippen molar-refractivity contribution in [3.05, 3.63) is 23.8 Å². The fraction of sp³-hybridized carbons (Fsp3) is 0.611. The van der Waals surface area contributed by atoms with Crippen molar-refractivity contribution in [3.63, 3.8) is 0 Å². The standard InChI is InChI=1S/C18H28N2O3/c1-4-23-16-6-5-15(13-17(16)22-3)11-14(2)12-18(21)20-9-7-19-8-10-20/h5-6,13-14,19H,4,7-12H2,1-3H3. The van der Waals surface area contributed by atoms with Crippen molar-refractivity contribution >= 4 is 5.91 Å². The molecule has 0 spiro atoms. The summed E-state index contributed by atoms with van der Waals surface area (Å²) in [7, 11) is 1.65. The topological polar surface area (TPSA) is 50.8 Å². The van der Waals surface area contributed by atoms with Gasteiger partial charge in [0.15, 0.2) is 11.5 Å². The van der Waals surface area contributed by atoms with E-state index < -0.39 is 0 Å². The first kappa shape index (κ1) is 17.6. The zero-order valence-electron chi connectivity index (χ0n) is 14.4. The van der Waals surface area contributed by atoms with Gasteiger partial charge in [-0.3, -0.25) is 4.79 Å². The average Bonchev–Trinajstić information content (AvgIpc) is 2.57. The molecule has 2 rings (SSSR count). The zero-order valence-corrected chi connectivity index (χ0v) is 14.4. The van der Waals surface area contributed by atoms with E-state index in [0.717, 1.165) is 44.1 Å². The number of piperazine rings is 1. The highest BCUT2D eigenvalue weighted by Gasteiger charge is 2.19. The third-order valence-electron chi connectivity index (χ3n) is 4.10. The van der Waals surface area contributed by atoms with Crippen LogP contribution in [0.3, 0.4) is 0 Å². The van der Waals surface area contributed by atoms with Gasteiger partial charge in [-0.05, 0) is 37.0 Å². The molecular weight excluding hydrogens is 292 g/mol. The number of hydrogen-bond donors (Lipinski definition) is 1. The van der Waals surface area contributed by atoms with E-state index >= 15 is 0 Å². The Labute approximate surface area is 139 Å². The van der Waals surface area contributed by atoms with E-state index in [4.69, 9.17) is 9.47 Å². The normalized spacial score (nSPS) is 16.0. The summed E-state index contributed by atoms with van der Waals surface area (Å²) in [6.45, 7) is 8.14. The molecule has 128 valence electrons. The molecule has 23 heavy (non-hydrogen) atoms. The molecular formula is C18H28N2O3. The van der Waals surface area contributed by atoms with Gasteiger partial charge >= 0.3 is 0 Å². The third-order valence-corrected chi connectivity index (χ3v) is 4.10. The first-order chi connectivity index (χ1) is 11.1. The number of ether oxygens (including phenoxy) is 2. The number of nitrogens with zero attached hydrogens (tertiary/aromatic N) is 1. The molecule has 1 fully saturated rings. The van der Waals surface area contributed by atoms with E-state index in [1.807, 2.05) is 24.0 Å². The summed E-state index contributed by atoms with van der Waals surface area (Å²) in [6, 6.07) is 6.01. The fourth-order valence-corrected chi connectivity index (χ4v) is 2.93. The number of amides is 1. The van der Waals surface area contributed by atoms with Gasteiger partial charge in [0.1, 0.15) is 0 Å². The minimum Gasteiger partial charge on any atom is -0.493 e. The molecule has 5 heteroatoms. The van der Waals surface area contributed by atoms with E-state index in [-0.39, 0.29) is 5.91 Å². The number of rotatable bonds is 7. The van der Waals surface area contributed by atoms with Gasteiger partial charge in [-0.15, -0.1) is 0 Å². The van der Waals surface area contributed by atoms with Crippen LogP contribution < -0.4 is 14.8 Å². The van der Waals surface area contributed by atoms with E-state index in [0.29, 0.717) is 18.9 Å². The van der Waals surface area contributed by atoms with Crippen LogP contribution in [-0.2, 0) is 11.2 Å². The largest absolute Gasteiger partial charge is 0.493 e. The van der Waals surface area contributed by atoms with Crippen LogP contribution in [0, 0.1) is 5.92 Å². The van der Waals surface area contributed by atoms with Crippen molar-refractivity contribution in [1.29, 1.82) is 0 Å². The van der Waals surface area contributed by atoms with Crippen LogP contribution in [0.25, 0.3) is 0 Å². The van der Waals surface area contributed by atoms with Crippen molar-refractivity contribution < 1.29 is 14.3 Å². The fourth-order valence-electron chi connectivity index (χ4n) is 2.93. The van der Waals surface area contributed by atoms with Crippen molar-refractivity contribution in [1.82, 2.24) is 10.2 Å². The van der Waals surface area contributed by atoms with Crippen LogP contribution >= 0.6 is 0 Å². The molecule has 0 saturated carbocycles. The first-order valence-corrected chi connectivity index (χ1v) is 8.42. The summed E-state index contributed by atoms with van der Waals surface area (Å²) >= 11 is 0. The van der Waals surface area contributed by atoms with E-state index in [1.165, 1.54) is 5.56 Å². The van der Waals surface area contributed by atoms with Crippen molar-refractivity contribution in [3.8, 4) is 11.5 Å². The average molecular weight is 320 g/mol. The Morgan fingerprint density at radius 3 is 2.70 bits per heavy atom. The zero-order chi connectivity index (χ0) is 16.7. The Morgan fingerprint density at radius 2 is 2.04 bits per heavy atom. The van der Waals surface area contributed by atoms with Crippen LogP contribution in [-0.4, -0.2) is 50.7 Å². The molecule has 1 amide bonds. The van der Waals surface area contributed by atoms with Crippen molar-refractivity contribution in [2.45, 2.75) is 26.7 Å². The molecule has 0 aliphatic carbocycles. The molecule has 1 unspecified atom stereocenters. The van der Waals surface area contributed by atoms with Gasteiger partial charge in [-0.1, -0.05) is 13.0 Å². The number of carbonyl (C=O) groups excluding carboxylic acids is 1. The lowest BCUT2D eigenvalue weighted by atomic mass is 9.97. The molecule has 5 nitrogen and oxygen atoms in total. The predicted octanol–water partition coefficient (Wildman–Crippen LogP) is 2.09. The SMILES string of the molecule is CCOc1ccc(CC(C)CC(=O)N2CCNCC2)cc1OC. The Hall–Kier alpha value is -1.75. The highest BCUT2D eigenvalue weighted by molar-refractivity contribution is 5.76. The molecule has 1 aromatic carbocycles. The number of benzene rings is 1. The minimum absolute atomic E-state index is 0.261.